The van der Waals surface area contributed by atoms with Gasteiger partial charge < -0.3 is 10.1 Å². The van der Waals surface area contributed by atoms with Gasteiger partial charge in [0.25, 0.3) is 0 Å². The topological polar surface area (TPSA) is 21.3 Å². The minimum atomic E-state index is 0.445. The Hall–Kier alpha value is -0.380. The molecule has 0 bridgehead atoms. The van der Waals surface area contributed by atoms with Crippen molar-refractivity contribution in [1.29, 1.82) is 0 Å². The molecule has 0 radical (unpaired) electrons. The van der Waals surface area contributed by atoms with Crippen LogP contribution in [-0.4, -0.2) is 26.0 Å². The number of ether oxygens (including phenoxy) is 1. The van der Waals surface area contributed by atoms with E-state index in [0.29, 0.717) is 5.25 Å². The Labute approximate surface area is 106 Å². The van der Waals surface area contributed by atoms with E-state index < -0.39 is 0 Å². The number of hydrogen-bond acceptors (Lipinski definition) is 3. The van der Waals surface area contributed by atoms with Crippen LogP contribution in [0.5, 0.6) is 5.75 Å². The highest BCUT2D eigenvalue weighted by atomic mass is 35.5. The van der Waals surface area contributed by atoms with Crippen molar-refractivity contribution >= 4 is 23.4 Å². The van der Waals surface area contributed by atoms with Crippen molar-refractivity contribution in [3.63, 3.8) is 0 Å². The fraction of sp³-hybridized carbons (Fsp3) is 0.500. The summed E-state index contributed by atoms with van der Waals surface area (Å²) in [4.78, 5) is 0. The van der Waals surface area contributed by atoms with Crippen LogP contribution in [-0.2, 0) is 0 Å². The summed E-state index contributed by atoms with van der Waals surface area (Å²) in [6.07, 6.45) is 0. The standard InChI is InChI=1S/C12H16ClNOS/c1-8-5-9(13)6-10(12(8)15-2)11-7-14-3-4-16-11/h5-6,11,14H,3-4,7H2,1-2H3. The summed E-state index contributed by atoms with van der Waals surface area (Å²) in [7, 11) is 1.72. The molecule has 1 aliphatic heterocycles. The van der Waals surface area contributed by atoms with Crippen LogP contribution in [0.4, 0.5) is 0 Å². The van der Waals surface area contributed by atoms with Crippen molar-refractivity contribution < 1.29 is 4.74 Å². The zero-order valence-corrected chi connectivity index (χ0v) is 11.1. The van der Waals surface area contributed by atoms with Crippen molar-refractivity contribution in [2.75, 3.05) is 26.0 Å². The fourth-order valence-electron chi connectivity index (χ4n) is 2.04. The Kier molecular flexibility index (Phi) is 4.00. The average molecular weight is 258 g/mol. The zero-order chi connectivity index (χ0) is 11.5. The Morgan fingerprint density at radius 1 is 1.50 bits per heavy atom. The second-order valence-electron chi connectivity index (χ2n) is 3.91. The summed E-state index contributed by atoms with van der Waals surface area (Å²) in [5.41, 5.74) is 2.32. The lowest BCUT2D eigenvalue weighted by Crippen LogP contribution is -2.28. The van der Waals surface area contributed by atoms with E-state index in [4.69, 9.17) is 16.3 Å². The van der Waals surface area contributed by atoms with Crippen LogP contribution in [0.2, 0.25) is 5.02 Å². The van der Waals surface area contributed by atoms with E-state index in [1.165, 1.54) is 5.56 Å². The molecule has 1 unspecified atom stereocenters. The average Bonchev–Trinajstić information content (AvgIpc) is 2.29. The molecule has 0 amide bonds. The molecule has 88 valence electrons. The Balaban J connectivity index is 2.36. The third-order valence-corrected chi connectivity index (χ3v) is 4.23. The summed E-state index contributed by atoms with van der Waals surface area (Å²) >= 11 is 8.08. The van der Waals surface area contributed by atoms with Gasteiger partial charge in [-0.3, -0.25) is 0 Å². The third kappa shape index (κ3) is 2.47. The lowest BCUT2D eigenvalue weighted by molar-refractivity contribution is 0.405. The predicted octanol–water partition coefficient (Wildman–Crippen LogP) is 3.03. The number of halogens is 1. The summed E-state index contributed by atoms with van der Waals surface area (Å²) < 4.78 is 5.48. The first-order chi connectivity index (χ1) is 7.72. The number of nitrogens with one attached hydrogen (secondary N) is 1. The first-order valence-electron chi connectivity index (χ1n) is 5.38. The van der Waals surface area contributed by atoms with Gasteiger partial charge in [-0.05, 0) is 24.6 Å². The third-order valence-electron chi connectivity index (χ3n) is 2.75. The number of benzene rings is 1. The van der Waals surface area contributed by atoms with E-state index in [1.807, 2.05) is 30.8 Å². The number of aryl methyl sites for hydroxylation is 1. The number of hydrogen-bond donors (Lipinski definition) is 1. The van der Waals surface area contributed by atoms with Gasteiger partial charge in [0.1, 0.15) is 5.75 Å². The number of rotatable bonds is 2. The summed E-state index contributed by atoms with van der Waals surface area (Å²) in [6.45, 7) is 4.11. The van der Waals surface area contributed by atoms with Crippen LogP contribution < -0.4 is 10.1 Å². The normalized spacial score (nSPS) is 20.8. The fourth-order valence-corrected chi connectivity index (χ4v) is 3.46. The lowest BCUT2D eigenvalue weighted by Gasteiger charge is -2.25. The largest absolute Gasteiger partial charge is 0.496 e. The molecule has 0 aliphatic carbocycles. The van der Waals surface area contributed by atoms with Gasteiger partial charge in [-0.1, -0.05) is 11.6 Å². The van der Waals surface area contributed by atoms with Crippen LogP contribution in [0.15, 0.2) is 12.1 Å². The van der Waals surface area contributed by atoms with Gasteiger partial charge in [0, 0.05) is 34.7 Å². The second kappa shape index (κ2) is 5.30. The van der Waals surface area contributed by atoms with Crippen molar-refractivity contribution in [3.05, 3.63) is 28.3 Å². The van der Waals surface area contributed by atoms with Crippen LogP contribution in [0.25, 0.3) is 0 Å². The molecule has 16 heavy (non-hydrogen) atoms. The quantitative estimate of drug-likeness (QED) is 0.880. The van der Waals surface area contributed by atoms with E-state index in [9.17, 15) is 0 Å². The minimum Gasteiger partial charge on any atom is -0.496 e. The van der Waals surface area contributed by atoms with Gasteiger partial charge in [-0.15, -0.1) is 0 Å². The monoisotopic (exact) mass is 257 g/mol. The highest BCUT2D eigenvalue weighted by Crippen LogP contribution is 2.39. The smallest absolute Gasteiger partial charge is 0.126 e. The van der Waals surface area contributed by atoms with E-state index in [0.717, 1.165) is 35.2 Å². The first kappa shape index (κ1) is 12.1. The van der Waals surface area contributed by atoms with Gasteiger partial charge in [0.05, 0.1) is 7.11 Å². The maximum absolute atomic E-state index is 6.11. The zero-order valence-electron chi connectivity index (χ0n) is 9.55. The SMILES string of the molecule is COc1c(C)cc(Cl)cc1C1CNCCS1. The summed E-state index contributed by atoms with van der Waals surface area (Å²) in [5.74, 6) is 2.12. The van der Waals surface area contributed by atoms with Gasteiger partial charge in [0.2, 0.25) is 0 Å². The number of methoxy groups -OCH3 is 1. The summed E-state index contributed by atoms with van der Waals surface area (Å²) in [6, 6.07) is 3.98. The molecular weight excluding hydrogens is 242 g/mol. The molecule has 4 heteroatoms. The lowest BCUT2D eigenvalue weighted by atomic mass is 10.1. The Morgan fingerprint density at radius 3 is 2.94 bits per heavy atom. The van der Waals surface area contributed by atoms with Gasteiger partial charge in [-0.2, -0.15) is 11.8 Å². The highest BCUT2D eigenvalue weighted by molar-refractivity contribution is 7.99. The molecule has 1 fully saturated rings. The molecule has 1 N–H and O–H groups in total. The van der Waals surface area contributed by atoms with Crippen molar-refractivity contribution in [2.24, 2.45) is 0 Å². The Morgan fingerprint density at radius 2 is 2.31 bits per heavy atom. The van der Waals surface area contributed by atoms with Crippen LogP contribution in [0.1, 0.15) is 16.4 Å². The molecule has 0 saturated carbocycles. The molecule has 0 spiro atoms. The molecule has 1 saturated heterocycles. The first-order valence-corrected chi connectivity index (χ1v) is 6.81. The minimum absolute atomic E-state index is 0.445. The van der Waals surface area contributed by atoms with Crippen molar-refractivity contribution in [1.82, 2.24) is 5.32 Å². The summed E-state index contributed by atoms with van der Waals surface area (Å²) in [5, 5.41) is 4.64. The van der Waals surface area contributed by atoms with Crippen molar-refractivity contribution in [3.8, 4) is 5.75 Å². The molecule has 0 aromatic heterocycles. The second-order valence-corrected chi connectivity index (χ2v) is 5.66. The van der Waals surface area contributed by atoms with E-state index in [-0.39, 0.29) is 0 Å². The van der Waals surface area contributed by atoms with Crippen molar-refractivity contribution in [2.45, 2.75) is 12.2 Å². The molecule has 1 heterocycles. The van der Waals surface area contributed by atoms with E-state index in [1.54, 1.807) is 7.11 Å². The molecule has 1 aromatic carbocycles. The van der Waals surface area contributed by atoms with Gasteiger partial charge >= 0.3 is 0 Å². The predicted molar refractivity (Wildman–Crippen MR) is 70.8 cm³/mol. The van der Waals surface area contributed by atoms with E-state index in [2.05, 4.69) is 5.32 Å². The maximum atomic E-state index is 6.11. The molecule has 2 rings (SSSR count). The maximum Gasteiger partial charge on any atom is 0.126 e. The highest BCUT2D eigenvalue weighted by Gasteiger charge is 2.21. The molecule has 2 nitrogen and oxygen atoms in total. The van der Waals surface area contributed by atoms with Crippen LogP contribution in [0, 0.1) is 6.92 Å². The van der Waals surface area contributed by atoms with Crippen LogP contribution >= 0.6 is 23.4 Å². The van der Waals surface area contributed by atoms with E-state index >= 15 is 0 Å². The van der Waals surface area contributed by atoms with Crippen LogP contribution in [0.3, 0.4) is 0 Å². The number of thioether (sulfide) groups is 1. The van der Waals surface area contributed by atoms with Gasteiger partial charge in [-0.25, -0.2) is 0 Å². The molecule has 1 aliphatic rings. The molecule has 1 atom stereocenters. The molecular formula is C12H16ClNOS. The molecule has 1 aromatic rings. The van der Waals surface area contributed by atoms with Gasteiger partial charge in [0.15, 0.2) is 0 Å². The Bertz CT molecular complexity index is 378.